The summed E-state index contributed by atoms with van der Waals surface area (Å²) in [6.45, 7) is 4.20. The van der Waals surface area contributed by atoms with Gasteiger partial charge in [0.2, 0.25) is 0 Å². The molecule has 136 valence electrons. The summed E-state index contributed by atoms with van der Waals surface area (Å²) in [4.78, 5) is 16.7. The Bertz CT molecular complexity index is 673. The smallest absolute Gasteiger partial charge is 0.261 e. The lowest BCUT2D eigenvalue weighted by atomic mass is 10.1. The van der Waals surface area contributed by atoms with Crippen LogP contribution in [0.5, 0.6) is 0 Å². The van der Waals surface area contributed by atoms with Gasteiger partial charge in [-0.1, -0.05) is 35.9 Å². The topological polar surface area (TPSA) is 65.5 Å². The maximum atomic E-state index is 11.8. The number of aryl methyl sites for hydroxylation is 1. The Balaban J connectivity index is 0.00000312. The van der Waals surface area contributed by atoms with Crippen molar-refractivity contribution in [3.05, 3.63) is 57.8 Å². The quantitative estimate of drug-likeness (QED) is 0.251. The van der Waals surface area contributed by atoms with Gasteiger partial charge < -0.3 is 16.0 Å². The number of guanidine groups is 1. The molecule has 0 atom stereocenters. The molecular weight excluding hydrogens is 447 g/mol. The minimum Gasteiger partial charge on any atom is -0.356 e. The van der Waals surface area contributed by atoms with Gasteiger partial charge >= 0.3 is 0 Å². The van der Waals surface area contributed by atoms with Gasteiger partial charge in [-0.2, -0.15) is 0 Å². The molecular formula is C18H25IN4OS. The first kappa shape index (κ1) is 21.4. The Hall–Kier alpha value is -1.61. The van der Waals surface area contributed by atoms with Crippen LogP contribution in [0.15, 0.2) is 46.8 Å². The Labute approximate surface area is 170 Å². The number of nitrogens with one attached hydrogen (secondary N) is 3. The molecule has 1 aromatic heterocycles. The molecule has 5 nitrogen and oxygen atoms in total. The molecule has 25 heavy (non-hydrogen) atoms. The summed E-state index contributed by atoms with van der Waals surface area (Å²) in [6, 6.07) is 12.1. The Kier molecular flexibility index (Phi) is 10.2. The number of nitrogens with zero attached hydrogens (tertiary/aromatic N) is 1. The highest BCUT2D eigenvalue weighted by Gasteiger charge is 2.04. The van der Waals surface area contributed by atoms with Crippen LogP contribution < -0.4 is 16.0 Å². The van der Waals surface area contributed by atoms with E-state index >= 15 is 0 Å². The molecule has 0 saturated carbocycles. The van der Waals surface area contributed by atoms with Crippen molar-refractivity contribution < 1.29 is 4.79 Å². The van der Waals surface area contributed by atoms with Crippen molar-refractivity contribution in [2.24, 2.45) is 4.99 Å². The number of rotatable bonds is 7. The lowest BCUT2D eigenvalue weighted by Crippen LogP contribution is -2.38. The Morgan fingerprint density at radius 1 is 1.12 bits per heavy atom. The lowest BCUT2D eigenvalue weighted by Gasteiger charge is -2.12. The molecule has 1 amide bonds. The normalized spacial score (nSPS) is 10.7. The SMILES string of the molecule is CN=C(NCCCNC(=O)c1cccs1)NCc1cccc(C)c1.I. The zero-order chi connectivity index (χ0) is 17.2. The van der Waals surface area contributed by atoms with Crippen molar-refractivity contribution >= 4 is 47.2 Å². The number of amides is 1. The molecule has 2 rings (SSSR count). The standard InChI is InChI=1S/C18H24N4OS.HI/c1-14-6-3-7-15(12-14)13-22-18(19-2)21-10-5-9-20-17(23)16-8-4-11-24-16;/h3-4,6-8,11-12H,5,9-10,13H2,1-2H3,(H,20,23)(H2,19,21,22);1H. The van der Waals surface area contributed by atoms with Gasteiger partial charge in [-0.3, -0.25) is 9.79 Å². The van der Waals surface area contributed by atoms with Crippen molar-refractivity contribution in [3.8, 4) is 0 Å². The first-order chi connectivity index (χ1) is 11.7. The molecule has 2 aromatic rings. The van der Waals surface area contributed by atoms with Gasteiger partial charge in [0.25, 0.3) is 5.91 Å². The molecule has 0 aliphatic rings. The molecule has 0 fully saturated rings. The number of hydrogen-bond acceptors (Lipinski definition) is 3. The van der Waals surface area contributed by atoms with Crippen LogP contribution in [0.25, 0.3) is 0 Å². The van der Waals surface area contributed by atoms with E-state index in [2.05, 4.69) is 52.1 Å². The number of aliphatic imine (C=N–C) groups is 1. The van der Waals surface area contributed by atoms with Crippen molar-refractivity contribution in [3.63, 3.8) is 0 Å². The van der Waals surface area contributed by atoms with Gasteiger partial charge in [0.15, 0.2) is 5.96 Å². The second-order valence-corrected chi connectivity index (χ2v) is 6.38. The summed E-state index contributed by atoms with van der Waals surface area (Å²) in [5.41, 5.74) is 2.47. The average molecular weight is 472 g/mol. The molecule has 3 N–H and O–H groups in total. The number of hydrogen-bond donors (Lipinski definition) is 3. The van der Waals surface area contributed by atoms with Crippen LogP contribution in [0, 0.1) is 6.92 Å². The highest BCUT2D eigenvalue weighted by atomic mass is 127. The molecule has 1 aromatic carbocycles. The largest absolute Gasteiger partial charge is 0.356 e. The zero-order valence-electron chi connectivity index (χ0n) is 14.5. The molecule has 0 aliphatic heterocycles. The van der Waals surface area contributed by atoms with E-state index in [0.717, 1.165) is 30.3 Å². The van der Waals surface area contributed by atoms with E-state index in [9.17, 15) is 4.79 Å². The summed E-state index contributed by atoms with van der Waals surface area (Å²) < 4.78 is 0. The van der Waals surface area contributed by atoms with Gasteiger partial charge in [0.1, 0.15) is 0 Å². The van der Waals surface area contributed by atoms with E-state index < -0.39 is 0 Å². The maximum absolute atomic E-state index is 11.8. The van der Waals surface area contributed by atoms with Gasteiger partial charge in [0, 0.05) is 26.7 Å². The third kappa shape index (κ3) is 7.87. The van der Waals surface area contributed by atoms with E-state index in [-0.39, 0.29) is 29.9 Å². The fourth-order valence-electron chi connectivity index (χ4n) is 2.22. The van der Waals surface area contributed by atoms with Crippen LogP contribution in [0.4, 0.5) is 0 Å². The summed E-state index contributed by atoms with van der Waals surface area (Å²) in [7, 11) is 1.75. The first-order valence-corrected chi connectivity index (χ1v) is 8.89. The van der Waals surface area contributed by atoms with E-state index in [1.54, 1.807) is 7.05 Å². The Morgan fingerprint density at radius 3 is 2.60 bits per heavy atom. The minimum atomic E-state index is -0.00745. The summed E-state index contributed by atoms with van der Waals surface area (Å²) >= 11 is 1.45. The molecule has 0 aliphatic carbocycles. The maximum Gasteiger partial charge on any atom is 0.261 e. The van der Waals surface area contributed by atoms with Gasteiger partial charge in [-0.15, -0.1) is 35.3 Å². The molecule has 0 unspecified atom stereocenters. The van der Waals surface area contributed by atoms with Crippen molar-refractivity contribution in [2.75, 3.05) is 20.1 Å². The third-order valence-electron chi connectivity index (χ3n) is 3.44. The zero-order valence-corrected chi connectivity index (χ0v) is 17.7. The van der Waals surface area contributed by atoms with Crippen molar-refractivity contribution in [1.82, 2.24) is 16.0 Å². The van der Waals surface area contributed by atoms with Crippen molar-refractivity contribution in [2.45, 2.75) is 19.9 Å². The van der Waals surface area contributed by atoms with Crippen LogP contribution in [0.3, 0.4) is 0 Å². The summed E-state index contributed by atoms with van der Waals surface area (Å²) in [5.74, 6) is 0.757. The number of carbonyl (C=O) groups is 1. The molecule has 0 saturated heterocycles. The van der Waals surface area contributed by atoms with Gasteiger partial charge in [-0.05, 0) is 30.4 Å². The fraction of sp³-hybridized carbons (Fsp3) is 0.333. The molecule has 0 spiro atoms. The van der Waals surface area contributed by atoms with E-state index in [4.69, 9.17) is 0 Å². The van der Waals surface area contributed by atoms with E-state index in [1.165, 1.54) is 22.5 Å². The lowest BCUT2D eigenvalue weighted by molar-refractivity contribution is 0.0957. The van der Waals surface area contributed by atoms with E-state index in [1.807, 2.05) is 17.5 Å². The van der Waals surface area contributed by atoms with E-state index in [0.29, 0.717) is 6.54 Å². The fourth-order valence-corrected chi connectivity index (χ4v) is 2.86. The number of thiophene rings is 1. The predicted octanol–water partition coefficient (Wildman–Crippen LogP) is 3.16. The number of halogens is 1. The summed E-state index contributed by atoms with van der Waals surface area (Å²) in [6.07, 6.45) is 0.836. The van der Waals surface area contributed by atoms with Crippen LogP contribution in [0.2, 0.25) is 0 Å². The minimum absolute atomic E-state index is 0. The van der Waals surface area contributed by atoms with Crippen molar-refractivity contribution in [1.29, 1.82) is 0 Å². The second kappa shape index (κ2) is 11.9. The second-order valence-electron chi connectivity index (χ2n) is 5.43. The molecule has 0 bridgehead atoms. The summed E-state index contributed by atoms with van der Waals surface area (Å²) in [5, 5.41) is 11.4. The molecule has 7 heteroatoms. The monoisotopic (exact) mass is 472 g/mol. The van der Waals surface area contributed by atoms with Crippen LogP contribution >= 0.6 is 35.3 Å². The van der Waals surface area contributed by atoms with Crippen LogP contribution in [-0.2, 0) is 6.54 Å². The predicted molar refractivity (Wildman–Crippen MR) is 116 cm³/mol. The molecule has 1 heterocycles. The van der Waals surface area contributed by atoms with Gasteiger partial charge in [0.05, 0.1) is 4.88 Å². The average Bonchev–Trinajstić information content (AvgIpc) is 3.12. The number of benzene rings is 1. The Morgan fingerprint density at radius 2 is 1.92 bits per heavy atom. The first-order valence-electron chi connectivity index (χ1n) is 8.01. The third-order valence-corrected chi connectivity index (χ3v) is 4.31. The molecule has 0 radical (unpaired) electrons. The van der Waals surface area contributed by atoms with Crippen LogP contribution in [0.1, 0.15) is 27.2 Å². The van der Waals surface area contributed by atoms with Crippen LogP contribution in [-0.4, -0.2) is 32.0 Å². The van der Waals surface area contributed by atoms with Gasteiger partial charge in [-0.25, -0.2) is 0 Å². The number of carbonyl (C=O) groups excluding carboxylic acids is 1. The highest BCUT2D eigenvalue weighted by molar-refractivity contribution is 14.0. The highest BCUT2D eigenvalue weighted by Crippen LogP contribution is 2.07.